The van der Waals surface area contributed by atoms with E-state index in [2.05, 4.69) is 113 Å². The van der Waals surface area contributed by atoms with E-state index in [1.165, 1.54) is 36.5 Å². The van der Waals surface area contributed by atoms with E-state index >= 15 is 0 Å². The summed E-state index contributed by atoms with van der Waals surface area (Å²) in [6, 6.07) is 24.3. The van der Waals surface area contributed by atoms with E-state index in [1.54, 1.807) is 0 Å². The molecule has 105 valence electrons. The van der Waals surface area contributed by atoms with E-state index in [0.29, 0.717) is 0 Å². The summed E-state index contributed by atoms with van der Waals surface area (Å²) in [5, 5.41) is 2.71. The maximum atomic E-state index is 2.52. The van der Waals surface area contributed by atoms with Crippen LogP contribution < -0.4 is 0 Å². The number of para-hydroxylation sites is 1. The Morgan fingerprint density at radius 3 is 2.32 bits per heavy atom. The minimum Gasteiger partial charge on any atom is -0.431 e. The summed E-state index contributed by atoms with van der Waals surface area (Å²) in [6.07, 6.45) is 0. The van der Waals surface area contributed by atoms with Crippen molar-refractivity contribution in [1.29, 1.82) is 0 Å². The van der Waals surface area contributed by atoms with Crippen LogP contribution in [0.3, 0.4) is 0 Å². The van der Waals surface area contributed by atoms with Gasteiger partial charge in [0.05, 0.1) is 0 Å². The molecule has 0 unspecified atom stereocenters. The topological polar surface area (TPSA) is 4.93 Å². The fraction of sp³-hybridized carbons (Fsp3) is 0. The molecule has 1 aromatic heterocycles. The van der Waals surface area contributed by atoms with Crippen LogP contribution >= 0.6 is 42.9 Å². The molecule has 0 bridgehead atoms. The molecule has 4 aromatic rings. The Morgan fingerprint density at radius 2 is 1.50 bits per heavy atom. The smallest absolute Gasteiger partial charge is 0.431 e. The van der Waals surface area contributed by atoms with Gasteiger partial charge in [-0.3, -0.25) is 0 Å². The molecule has 4 heteroatoms. The number of halogens is 2. The summed E-state index contributed by atoms with van der Waals surface area (Å²) >= 11 is 5.09. The van der Waals surface area contributed by atoms with Gasteiger partial charge >= 0.3 is 12.2 Å². The number of benzene rings is 3. The van der Waals surface area contributed by atoms with Crippen molar-refractivity contribution >= 4 is 76.8 Å². The first-order valence-electron chi connectivity index (χ1n) is 7.00. The predicted octanol–water partition coefficient (Wildman–Crippen LogP) is 5.88. The Labute approximate surface area is 160 Å². The number of aromatic nitrogens is 1. The minimum absolute atomic E-state index is 0.201. The Hall–Kier alpha value is -0.548. The standard InChI is InChI=1S/C18H11IN.Al.HI/c19-14-5-3-4-12(10-14)13-8-9-18-16(11-13)15-6-1-2-7-17(15)20-18;;/h1-11H;;1H/q-1;+2;/p-1. The van der Waals surface area contributed by atoms with Gasteiger partial charge in [0.25, 0.3) is 0 Å². The van der Waals surface area contributed by atoms with Crippen molar-refractivity contribution in [2.24, 2.45) is 0 Å². The maximum Gasteiger partial charge on any atom is 0.478 e. The Morgan fingerprint density at radius 1 is 0.727 bits per heavy atom. The van der Waals surface area contributed by atoms with E-state index in [0.717, 1.165) is 0 Å². The molecule has 1 heterocycles. The molecule has 0 saturated carbocycles. The highest BCUT2D eigenvalue weighted by atomic mass is 127. The third-order valence-corrected chi connectivity index (χ3v) is 7.06. The van der Waals surface area contributed by atoms with Gasteiger partial charge in [-0.15, -0.1) is 0 Å². The van der Waals surface area contributed by atoms with E-state index in [-0.39, 0.29) is 12.2 Å². The lowest BCUT2D eigenvalue weighted by atomic mass is 10.0. The fourth-order valence-electron chi connectivity index (χ4n) is 2.96. The van der Waals surface area contributed by atoms with Gasteiger partial charge in [-0.1, -0.05) is 36.4 Å². The fourth-order valence-corrected chi connectivity index (χ4v) is 5.96. The van der Waals surface area contributed by atoms with Crippen LogP contribution in [-0.4, -0.2) is 15.7 Å². The quantitative estimate of drug-likeness (QED) is 0.229. The summed E-state index contributed by atoms with van der Waals surface area (Å²) in [4.78, 5) is 0. The molecule has 0 fully saturated rings. The second-order valence-corrected chi connectivity index (χ2v) is 8.86. The van der Waals surface area contributed by atoms with Crippen LogP contribution in [0.2, 0.25) is 0 Å². The van der Waals surface area contributed by atoms with Crippen LogP contribution in [0.4, 0.5) is 0 Å². The zero-order chi connectivity index (χ0) is 15.1. The number of hydrogen-bond donors (Lipinski definition) is 0. The van der Waals surface area contributed by atoms with Gasteiger partial charge in [-0.05, 0) is 64.0 Å². The molecule has 1 nitrogen and oxygen atoms in total. The maximum absolute atomic E-state index is 2.52. The molecular formula is C18H11AlI2N. The van der Waals surface area contributed by atoms with Gasteiger partial charge in [-0.2, -0.15) is 20.3 Å². The van der Waals surface area contributed by atoms with Crippen molar-refractivity contribution in [1.82, 2.24) is 3.55 Å². The first-order chi connectivity index (χ1) is 10.8. The Kier molecular flexibility index (Phi) is 4.20. The average molecular weight is 522 g/mol. The molecule has 0 saturated heterocycles. The van der Waals surface area contributed by atoms with E-state index in [1.807, 2.05) is 0 Å². The van der Waals surface area contributed by atoms with Gasteiger partial charge in [-0.25, -0.2) is 0 Å². The molecule has 0 spiro atoms. The molecule has 0 amide bonds. The average Bonchev–Trinajstić information content (AvgIpc) is 2.88. The Bertz CT molecular complexity index is 991. The first kappa shape index (κ1) is 15.0. The largest absolute Gasteiger partial charge is 0.478 e. The highest BCUT2D eigenvalue weighted by Crippen LogP contribution is 2.32. The van der Waals surface area contributed by atoms with E-state index < -0.39 is 0 Å². The van der Waals surface area contributed by atoms with Gasteiger partial charge in [0.2, 0.25) is 0 Å². The molecule has 4 rings (SSSR count). The van der Waals surface area contributed by atoms with Crippen molar-refractivity contribution in [3.05, 3.63) is 70.3 Å². The van der Waals surface area contributed by atoms with Crippen molar-refractivity contribution in [2.75, 3.05) is 0 Å². The normalized spacial score (nSPS) is 11.2. The van der Waals surface area contributed by atoms with Gasteiger partial charge in [0.1, 0.15) is 0 Å². The van der Waals surface area contributed by atoms with E-state index in [4.69, 9.17) is 0 Å². The molecule has 1 radical (unpaired) electrons. The zero-order valence-electron chi connectivity index (χ0n) is 11.6. The zero-order valence-corrected chi connectivity index (χ0v) is 17.1. The van der Waals surface area contributed by atoms with Crippen LogP contribution in [-0.2, 0) is 0 Å². The Balaban J connectivity index is 2.03. The van der Waals surface area contributed by atoms with Crippen molar-refractivity contribution in [2.45, 2.75) is 0 Å². The van der Waals surface area contributed by atoms with Crippen molar-refractivity contribution in [3.63, 3.8) is 0 Å². The number of hydrogen-bond acceptors (Lipinski definition) is 0. The number of nitrogens with zero attached hydrogens (tertiary/aromatic N) is 1. The number of fused-ring (bicyclic) bond motifs is 3. The van der Waals surface area contributed by atoms with Crippen LogP contribution in [0.5, 0.6) is 0 Å². The highest BCUT2D eigenvalue weighted by Gasteiger charge is 2.11. The van der Waals surface area contributed by atoms with Crippen LogP contribution in [0, 0.1) is 3.57 Å². The lowest BCUT2D eigenvalue weighted by Crippen LogP contribution is -1.97. The second kappa shape index (κ2) is 6.16. The molecule has 0 atom stereocenters. The van der Waals surface area contributed by atoms with Gasteiger partial charge in [0, 0.05) is 25.4 Å². The number of rotatable bonds is 2. The summed E-state index contributed by atoms with van der Waals surface area (Å²) in [5.41, 5.74) is 5.27. The summed E-state index contributed by atoms with van der Waals surface area (Å²) < 4.78 is 3.73. The molecule has 22 heavy (non-hydrogen) atoms. The predicted molar refractivity (Wildman–Crippen MR) is 113 cm³/mol. The molecule has 0 aliphatic carbocycles. The first-order valence-corrected chi connectivity index (χ1v) is 12.8. The monoisotopic (exact) mass is 522 g/mol. The summed E-state index contributed by atoms with van der Waals surface area (Å²) in [7, 11) is 0. The summed E-state index contributed by atoms with van der Waals surface area (Å²) in [6.45, 7) is 0. The van der Waals surface area contributed by atoms with Crippen LogP contribution in [0.1, 0.15) is 0 Å². The second-order valence-electron chi connectivity index (χ2n) is 5.23. The van der Waals surface area contributed by atoms with Crippen LogP contribution in [0.25, 0.3) is 32.9 Å². The SMILES string of the molecule is [I][Al][n]1c2ccccc2c2cc(-c3cccc(I)c3)ccc21. The van der Waals surface area contributed by atoms with Crippen molar-refractivity contribution < 1.29 is 0 Å². The summed E-state index contributed by atoms with van der Waals surface area (Å²) in [5.74, 6) is 0. The highest BCUT2D eigenvalue weighted by molar-refractivity contribution is 14.1. The van der Waals surface area contributed by atoms with Gasteiger partial charge < -0.3 is 3.55 Å². The minimum atomic E-state index is 0.201. The van der Waals surface area contributed by atoms with Crippen LogP contribution in [0.15, 0.2) is 66.7 Å². The molecule has 0 aliphatic rings. The van der Waals surface area contributed by atoms with Crippen molar-refractivity contribution in [3.8, 4) is 11.1 Å². The van der Waals surface area contributed by atoms with E-state index in [9.17, 15) is 0 Å². The third-order valence-electron chi connectivity index (χ3n) is 3.97. The molecule has 0 aliphatic heterocycles. The third kappa shape index (κ3) is 2.50. The lowest BCUT2D eigenvalue weighted by Gasteiger charge is -2.05. The molecule has 3 aromatic carbocycles. The lowest BCUT2D eigenvalue weighted by molar-refractivity contribution is 1.39. The molecular weight excluding hydrogens is 511 g/mol. The van der Waals surface area contributed by atoms with Gasteiger partial charge in [0.15, 0.2) is 0 Å². The molecule has 0 N–H and O–H groups in total.